The minimum Gasteiger partial charge on any atom is -0.340 e. The molecule has 3 heterocycles. The molecule has 0 unspecified atom stereocenters. The molecule has 9 heteroatoms. The lowest BCUT2D eigenvalue weighted by atomic mass is 10.1. The Bertz CT molecular complexity index is 1020. The van der Waals surface area contributed by atoms with E-state index < -0.39 is 19.4 Å². The minimum absolute atomic E-state index is 0.0530. The van der Waals surface area contributed by atoms with E-state index in [1.165, 1.54) is 10.9 Å². The van der Waals surface area contributed by atoms with Gasteiger partial charge in [-0.05, 0) is 23.8 Å². The number of anilines is 2. The fraction of sp³-hybridized carbons (Fsp3) is 0.263. The first kappa shape index (κ1) is 18.0. The largest absolute Gasteiger partial charge is 0.340 e. The zero-order valence-corrected chi connectivity index (χ0v) is 15.1. The van der Waals surface area contributed by atoms with Crippen LogP contribution in [0.25, 0.3) is 11.5 Å². The molecule has 7 nitrogen and oxygen atoms in total. The van der Waals surface area contributed by atoms with Crippen molar-refractivity contribution < 1.29 is 13.6 Å². The summed E-state index contributed by atoms with van der Waals surface area (Å²) in [5.41, 5.74) is 2.64. The van der Waals surface area contributed by atoms with Gasteiger partial charge >= 0.3 is 0 Å². The number of rotatable bonds is 6. The molecule has 0 aliphatic carbocycles. The topological polar surface area (TPSA) is 75.9 Å². The maximum absolute atomic E-state index is 13.1. The van der Waals surface area contributed by atoms with Gasteiger partial charge in [0.05, 0.1) is 17.3 Å². The highest BCUT2D eigenvalue weighted by atomic mass is 19.1. The standard InChI is InChI=1S/C19H18F2N6O/c1-26-10-12-4-2-5-14(17(12)19(26)28)23-16-7-3-6-15(24-16)18-25-22-11-27(18)13(8-20)9-21/h2-7,11,13H,8-10H2,1H3,(H,23,24). The highest BCUT2D eigenvalue weighted by Gasteiger charge is 2.27. The number of fused-ring (bicyclic) bond motifs is 1. The summed E-state index contributed by atoms with van der Waals surface area (Å²) in [6, 6.07) is 9.80. The molecule has 1 amide bonds. The Balaban J connectivity index is 1.67. The summed E-state index contributed by atoms with van der Waals surface area (Å²) in [7, 11) is 1.75. The van der Waals surface area contributed by atoms with Crippen LogP contribution in [-0.4, -0.2) is 51.0 Å². The Morgan fingerprint density at radius 2 is 1.96 bits per heavy atom. The van der Waals surface area contributed by atoms with Crippen molar-refractivity contribution in [3.8, 4) is 11.5 Å². The first-order valence-electron chi connectivity index (χ1n) is 8.75. The fourth-order valence-electron chi connectivity index (χ4n) is 3.26. The Hall–Kier alpha value is -3.36. The van der Waals surface area contributed by atoms with Crippen molar-refractivity contribution in [3.63, 3.8) is 0 Å². The zero-order valence-electron chi connectivity index (χ0n) is 15.1. The molecular formula is C19H18F2N6O. The van der Waals surface area contributed by atoms with Crippen LogP contribution in [-0.2, 0) is 6.54 Å². The number of carbonyl (C=O) groups is 1. The summed E-state index contributed by atoms with van der Waals surface area (Å²) >= 11 is 0. The van der Waals surface area contributed by atoms with Gasteiger partial charge in [-0.15, -0.1) is 10.2 Å². The summed E-state index contributed by atoms with van der Waals surface area (Å²) < 4.78 is 27.5. The molecule has 0 atom stereocenters. The van der Waals surface area contributed by atoms with Gasteiger partial charge in [0.1, 0.15) is 31.2 Å². The van der Waals surface area contributed by atoms with E-state index in [2.05, 4.69) is 20.5 Å². The maximum atomic E-state index is 13.1. The maximum Gasteiger partial charge on any atom is 0.256 e. The second kappa shape index (κ2) is 7.34. The highest BCUT2D eigenvalue weighted by molar-refractivity contribution is 6.03. The second-order valence-electron chi connectivity index (χ2n) is 6.56. The molecule has 144 valence electrons. The number of alkyl halides is 2. The van der Waals surface area contributed by atoms with Gasteiger partial charge in [-0.1, -0.05) is 18.2 Å². The van der Waals surface area contributed by atoms with E-state index in [4.69, 9.17) is 0 Å². The summed E-state index contributed by atoms with van der Waals surface area (Å²) in [5, 5.41) is 10.9. The Morgan fingerprint density at radius 1 is 1.18 bits per heavy atom. The van der Waals surface area contributed by atoms with Crippen LogP contribution in [0.3, 0.4) is 0 Å². The fourth-order valence-corrected chi connectivity index (χ4v) is 3.26. The number of pyridine rings is 1. The third-order valence-corrected chi connectivity index (χ3v) is 4.68. The Labute approximate surface area is 160 Å². The van der Waals surface area contributed by atoms with Crippen LogP contribution in [0.15, 0.2) is 42.7 Å². The smallest absolute Gasteiger partial charge is 0.256 e. The summed E-state index contributed by atoms with van der Waals surface area (Å²) in [4.78, 5) is 18.6. The van der Waals surface area contributed by atoms with Crippen molar-refractivity contribution in [2.24, 2.45) is 0 Å². The van der Waals surface area contributed by atoms with Gasteiger partial charge in [-0.25, -0.2) is 13.8 Å². The van der Waals surface area contributed by atoms with Gasteiger partial charge in [0.15, 0.2) is 5.82 Å². The van der Waals surface area contributed by atoms with E-state index in [1.807, 2.05) is 18.2 Å². The normalized spacial score (nSPS) is 13.3. The molecule has 1 aromatic carbocycles. The SMILES string of the molecule is CN1Cc2cccc(Nc3cccc(-c4nncn4C(CF)CF)n3)c2C1=O. The van der Waals surface area contributed by atoms with Crippen LogP contribution >= 0.6 is 0 Å². The van der Waals surface area contributed by atoms with E-state index in [9.17, 15) is 13.6 Å². The predicted octanol–water partition coefficient (Wildman–Crippen LogP) is 3.15. The van der Waals surface area contributed by atoms with Crippen molar-refractivity contribution in [1.29, 1.82) is 0 Å². The molecule has 1 aliphatic heterocycles. The number of benzene rings is 1. The summed E-state index contributed by atoms with van der Waals surface area (Å²) in [5.74, 6) is 0.709. The first-order valence-corrected chi connectivity index (χ1v) is 8.75. The minimum atomic E-state index is -0.992. The van der Waals surface area contributed by atoms with Gasteiger partial charge < -0.3 is 14.8 Å². The molecule has 0 spiro atoms. The first-order chi connectivity index (χ1) is 13.6. The van der Waals surface area contributed by atoms with Crippen LogP contribution in [0.2, 0.25) is 0 Å². The molecule has 0 bridgehead atoms. The van der Waals surface area contributed by atoms with E-state index in [-0.39, 0.29) is 11.7 Å². The average molecular weight is 384 g/mol. The van der Waals surface area contributed by atoms with Crippen LogP contribution in [0.5, 0.6) is 0 Å². The number of halogens is 2. The molecule has 0 saturated heterocycles. The monoisotopic (exact) mass is 384 g/mol. The highest BCUT2D eigenvalue weighted by Crippen LogP contribution is 2.30. The van der Waals surface area contributed by atoms with Crippen LogP contribution in [0, 0.1) is 0 Å². The van der Waals surface area contributed by atoms with Crippen LogP contribution in [0.1, 0.15) is 22.0 Å². The molecular weight excluding hydrogens is 366 g/mol. The third kappa shape index (κ3) is 3.08. The molecule has 0 fully saturated rings. The average Bonchev–Trinajstić information content (AvgIpc) is 3.29. The van der Waals surface area contributed by atoms with E-state index >= 15 is 0 Å². The van der Waals surface area contributed by atoms with Crippen molar-refractivity contribution in [3.05, 3.63) is 53.9 Å². The lowest BCUT2D eigenvalue weighted by Crippen LogP contribution is -2.18. The third-order valence-electron chi connectivity index (χ3n) is 4.68. The zero-order chi connectivity index (χ0) is 19.7. The molecule has 2 aromatic heterocycles. The molecule has 28 heavy (non-hydrogen) atoms. The lowest BCUT2D eigenvalue weighted by molar-refractivity contribution is 0.0817. The van der Waals surface area contributed by atoms with Crippen LogP contribution < -0.4 is 5.32 Å². The lowest BCUT2D eigenvalue weighted by Gasteiger charge is -2.14. The summed E-state index contributed by atoms with van der Waals surface area (Å²) in [6.45, 7) is -1.18. The Kier molecular flexibility index (Phi) is 4.72. The van der Waals surface area contributed by atoms with E-state index in [1.54, 1.807) is 30.1 Å². The molecule has 1 aliphatic rings. The molecule has 3 aromatic rings. The van der Waals surface area contributed by atoms with Gasteiger partial charge in [-0.2, -0.15) is 0 Å². The second-order valence-corrected chi connectivity index (χ2v) is 6.56. The summed E-state index contributed by atoms with van der Waals surface area (Å²) in [6.07, 6.45) is 1.29. The van der Waals surface area contributed by atoms with E-state index in [0.29, 0.717) is 29.3 Å². The quantitative estimate of drug-likeness (QED) is 0.707. The number of hydrogen-bond donors (Lipinski definition) is 1. The molecule has 0 radical (unpaired) electrons. The number of carbonyl (C=O) groups excluding carboxylic acids is 1. The van der Waals surface area contributed by atoms with Gasteiger partial charge in [0.25, 0.3) is 5.91 Å². The van der Waals surface area contributed by atoms with Crippen molar-refractivity contribution in [2.45, 2.75) is 12.6 Å². The van der Waals surface area contributed by atoms with Gasteiger partial charge in [0, 0.05) is 13.6 Å². The number of nitrogens with zero attached hydrogens (tertiary/aromatic N) is 5. The van der Waals surface area contributed by atoms with Gasteiger partial charge in [0.2, 0.25) is 0 Å². The molecule has 0 saturated carbocycles. The van der Waals surface area contributed by atoms with Crippen LogP contribution in [0.4, 0.5) is 20.3 Å². The Morgan fingerprint density at radius 3 is 2.75 bits per heavy atom. The van der Waals surface area contributed by atoms with Crippen molar-refractivity contribution in [1.82, 2.24) is 24.6 Å². The van der Waals surface area contributed by atoms with Crippen molar-refractivity contribution in [2.75, 3.05) is 25.7 Å². The van der Waals surface area contributed by atoms with E-state index in [0.717, 1.165) is 5.56 Å². The number of aromatic nitrogens is 4. The number of hydrogen-bond acceptors (Lipinski definition) is 5. The predicted molar refractivity (Wildman–Crippen MR) is 99.8 cm³/mol. The number of amides is 1. The number of nitrogens with one attached hydrogen (secondary N) is 1. The van der Waals surface area contributed by atoms with Crippen molar-refractivity contribution >= 4 is 17.4 Å². The molecule has 4 rings (SSSR count). The van der Waals surface area contributed by atoms with Gasteiger partial charge in [-0.3, -0.25) is 4.79 Å². The molecule has 1 N–H and O–H groups in total.